The van der Waals surface area contributed by atoms with Gasteiger partial charge in [-0.25, -0.2) is 13.6 Å². The highest BCUT2D eigenvalue weighted by Gasteiger charge is 2.01. The van der Waals surface area contributed by atoms with Crippen molar-refractivity contribution in [2.45, 2.75) is 0 Å². The van der Waals surface area contributed by atoms with Crippen LogP contribution in [0.25, 0.3) is 0 Å². The van der Waals surface area contributed by atoms with Crippen LogP contribution in [0, 0.1) is 11.3 Å². The van der Waals surface area contributed by atoms with Crippen LogP contribution in [0.15, 0.2) is 24.3 Å². The molecule has 0 atom stereocenters. The molecule has 0 spiro atoms. The predicted octanol–water partition coefficient (Wildman–Crippen LogP) is 0.259. The van der Waals surface area contributed by atoms with Crippen molar-refractivity contribution in [2.75, 3.05) is 17.6 Å². The molecule has 1 aromatic rings. The van der Waals surface area contributed by atoms with E-state index >= 15 is 0 Å². The molecule has 0 heterocycles. The van der Waals surface area contributed by atoms with Crippen molar-refractivity contribution >= 4 is 15.7 Å². The first-order valence-corrected chi connectivity index (χ1v) is 5.97. The van der Waals surface area contributed by atoms with Gasteiger partial charge in [0.1, 0.15) is 0 Å². The van der Waals surface area contributed by atoms with E-state index in [1.165, 1.54) is 0 Å². The lowest BCUT2D eigenvalue weighted by Crippen LogP contribution is -2.22. The highest BCUT2D eigenvalue weighted by atomic mass is 32.2. The summed E-state index contributed by atoms with van der Waals surface area (Å²) in [4.78, 5) is 0. The minimum atomic E-state index is -3.44. The monoisotopic (exact) mass is 225 g/mol. The molecule has 0 aliphatic heterocycles. The number of hydrogen-bond acceptors (Lipinski definition) is 4. The molecular formula is C9H11N3O2S. The number of benzene rings is 1. The summed E-state index contributed by atoms with van der Waals surface area (Å²) in [5.74, 6) is -0.135. The van der Waals surface area contributed by atoms with Gasteiger partial charge in [-0.15, -0.1) is 0 Å². The number of nitrogens with two attached hydrogens (primary N) is 1. The molecule has 6 heteroatoms. The molecule has 1 rings (SSSR count). The van der Waals surface area contributed by atoms with E-state index in [1.54, 1.807) is 24.3 Å². The van der Waals surface area contributed by atoms with Gasteiger partial charge in [0.2, 0.25) is 10.0 Å². The minimum Gasteiger partial charge on any atom is -0.384 e. The molecule has 0 unspecified atom stereocenters. The number of nitrogens with zero attached hydrogens (tertiary/aromatic N) is 1. The van der Waals surface area contributed by atoms with E-state index in [0.717, 1.165) is 0 Å². The third kappa shape index (κ3) is 4.44. The molecule has 0 aliphatic rings. The second-order valence-corrected chi connectivity index (χ2v) is 4.72. The van der Waals surface area contributed by atoms with Gasteiger partial charge in [-0.1, -0.05) is 6.07 Å². The zero-order valence-electron chi connectivity index (χ0n) is 7.97. The van der Waals surface area contributed by atoms with Crippen molar-refractivity contribution in [2.24, 2.45) is 5.14 Å². The number of sulfonamides is 1. The fraction of sp³-hybridized carbons (Fsp3) is 0.222. The number of nitriles is 1. The summed E-state index contributed by atoms with van der Waals surface area (Å²) in [6.45, 7) is 0.230. The van der Waals surface area contributed by atoms with Crippen LogP contribution < -0.4 is 10.5 Å². The maximum Gasteiger partial charge on any atom is 0.210 e. The van der Waals surface area contributed by atoms with Gasteiger partial charge in [0.15, 0.2) is 0 Å². The van der Waals surface area contributed by atoms with Crippen molar-refractivity contribution < 1.29 is 8.42 Å². The molecule has 0 aliphatic carbocycles. The molecule has 80 valence electrons. The Hall–Kier alpha value is -1.58. The molecule has 0 saturated carbocycles. The molecule has 1 aromatic carbocycles. The first kappa shape index (κ1) is 11.5. The van der Waals surface area contributed by atoms with Crippen LogP contribution in [0.4, 0.5) is 5.69 Å². The van der Waals surface area contributed by atoms with Crippen LogP contribution in [-0.2, 0) is 10.0 Å². The maximum atomic E-state index is 10.6. The molecule has 3 N–H and O–H groups in total. The second kappa shape index (κ2) is 4.77. The van der Waals surface area contributed by atoms with E-state index < -0.39 is 10.0 Å². The number of anilines is 1. The summed E-state index contributed by atoms with van der Waals surface area (Å²) in [5, 5.41) is 16.3. The molecule has 5 nitrogen and oxygen atoms in total. The molecular weight excluding hydrogens is 214 g/mol. The second-order valence-electron chi connectivity index (χ2n) is 2.99. The summed E-state index contributed by atoms with van der Waals surface area (Å²) in [6, 6.07) is 8.78. The van der Waals surface area contributed by atoms with Gasteiger partial charge in [-0.3, -0.25) is 0 Å². The summed E-state index contributed by atoms with van der Waals surface area (Å²) < 4.78 is 21.3. The fourth-order valence-corrected chi connectivity index (χ4v) is 1.42. The van der Waals surface area contributed by atoms with Crippen molar-refractivity contribution in [3.8, 4) is 6.07 Å². The van der Waals surface area contributed by atoms with Gasteiger partial charge in [0, 0.05) is 12.2 Å². The van der Waals surface area contributed by atoms with Crippen molar-refractivity contribution in [3.05, 3.63) is 29.8 Å². The number of nitrogens with one attached hydrogen (secondary N) is 1. The first-order chi connectivity index (χ1) is 7.01. The van der Waals surface area contributed by atoms with Crippen LogP contribution in [0.5, 0.6) is 0 Å². The Morgan fingerprint density at radius 1 is 1.47 bits per heavy atom. The summed E-state index contributed by atoms with van der Waals surface area (Å²) in [6.07, 6.45) is 0. The first-order valence-electron chi connectivity index (χ1n) is 4.26. The van der Waals surface area contributed by atoms with E-state index in [0.29, 0.717) is 11.3 Å². The van der Waals surface area contributed by atoms with E-state index in [1.807, 2.05) is 6.07 Å². The van der Waals surface area contributed by atoms with Crippen LogP contribution >= 0.6 is 0 Å². The zero-order chi connectivity index (χ0) is 11.3. The Labute approximate surface area is 88.6 Å². The third-order valence-electron chi connectivity index (χ3n) is 1.71. The number of hydrogen-bond donors (Lipinski definition) is 2. The fourth-order valence-electron chi connectivity index (χ4n) is 1.04. The third-order valence-corrected chi connectivity index (χ3v) is 2.48. The largest absolute Gasteiger partial charge is 0.384 e. The zero-order valence-corrected chi connectivity index (χ0v) is 8.79. The molecule has 0 saturated heterocycles. The molecule has 0 fully saturated rings. The molecule has 0 bridgehead atoms. The number of primary sulfonamides is 1. The van der Waals surface area contributed by atoms with Crippen LogP contribution in [0.2, 0.25) is 0 Å². The highest BCUT2D eigenvalue weighted by Crippen LogP contribution is 2.08. The standard InChI is InChI=1S/C9H11N3O2S/c10-7-8-2-1-3-9(6-8)12-4-5-15(11,13)14/h1-3,6,12H,4-5H2,(H2,11,13,14). The average molecular weight is 225 g/mol. The molecule has 0 amide bonds. The molecule has 15 heavy (non-hydrogen) atoms. The van der Waals surface area contributed by atoms with Gasteiger partial charge >= 0.3 is 0 Å². The van der Waals surface area contributed by atoms with E-state index in [9.17, 15) is 8.42 Å². The highest BCUT2D eigenvalue weighted by molar-refractivity contribution is 7.89. The van der Waals surface area contributed by atoms with Crippen molar-refractivity contribution in [1.82, 2.24) is 0 Å². The Balaban J connectivity index is 2.55. The van der Waals surface area contributed by atoms with E-state index in [-0.39, 0.29) is 12.3 Å². The molecule has 0 radical (unpaired) electrons. The Morgan fingerprint density at radius 3 is 2.80 bits per heavy atom. The van der Waals surface area contributed by atoms with E-state index in [4.69, 9.17) is 10.4 Å². The van der Waals surface area contributed by atoms with Crippen molar-refractivity contribution in [3.63, 3.8) is 0 Å². The summed E-state index contributed by atoms with van der Waals surface area (Å²) >= 11 is 0. The number of rotatable bonds is 4. The minimum absolute atomic E-state index is 0.135. The smallest absolute Gasteiger partial charge is 0.210 e. The summed E-state index contributed by atoms with van der Waals surface area (Å²) in [7, 11) is -3.44. The quantitative estimate of drug-likeness (QED) is 0.768. The van der Waals surface area contributed by atoms with Crippen LogP contribution in [0.3, 0.4) is 0 Å². The lowest BCUT2D eigenvalue weighted by molar-refractivity contribution is 0.598. The molecule has 0 aromatic heterocycles. The van der Waals surface area contributed by atoms with Crippen LogP contribution in [0.1, 0.15) is 5.56 Å². The lowest BCUT2D eigenvalue weighted by Gasteiger charge is -2.04. The van der Waals surface area contributed by atoms with Crippen molar-refractivity contribution in [1.29, 1.82) is 5.26 Å². The summed E-state index contributed by atoms with van der Waals surface area (Å²) in [5.41, 5.74) is 1.23. The predicted molar refractivity (Wildman–Crippen MR) is 57.6 cm³/mol. The average Bonchev–Trinajstić information content (AvgIpc) is 2.16. The van der Waals surface area contributed by atoms with Gasteiger partial charge < -0.3 is 5.32 Å². The van der Waals surface area contributed by atoms with Gasteiger partial charge in [0.05, 0.1) is 17.4 Å². The Morgan fingerprint density at radius 2 is 2.20 bits per heavy atom. The van der Waals surface area contributed by atoms with Gasteiger partial charge in [-0.05, 0) is 18.2 Å². The van der Waals surface area contributed by atoms with Gasteiger partial charge in [0.25, 0.3) is 0 Å². The van der Waals surface area contributed by atoms with Gasteiger partial charge in [-0.2, -0.15) is 5.26 Å². The normalized spacial score (nSPS) is 10.7. The van der Waals surface area contributed by atoms with Crippen LogP contribution in [-0.4, -0.2) is 20.7 Å². The topological polar surface area (TPSA) is 96.0 Å². The maximum absolute atomic E-state index is 10.6. The Bertz CT molecular complexity index is 476. The lowest BCUT2D eigenvalue weighted by atomic mass is 10.2. The Kier molecular flexibility index (Phi) is 3.66. The SMILES string of the molecule is N#Cc1cccc(NCCS(N)(=O)=O)c1. The van der Waals surface area contributed by atoms with E-state index in [2.05, 4.69) is 5.32 Å².